The molecule has 0 atom stereocenters. The summed E-state index contributed by atoms with van der Waals surface area (Å²) in [6.45, 7) is 2.12. The number of aryl methyl sites for hydroxylation is 2. The summed E-state index contributed by atoms with van der Waals surface area (Å²) < 4.78 is 1.45. The fraction of sp³-hybridized carbons (Fsp3) is 0.333. The molecule has 0 saturated carbocycles. The highest BCUT2D eigenvalue weighted by Gasteiger charge is 2.16. The predicted molar refractivity (Wildman–Crippen MR) is 63.1 cm³/mol. The van der Waals surface area contributed by atoms with Crippen LogP contribution in [0.2, 0.25) is 5.02 Å². The molecule has 2 aromatic rings. The van der Waals surface area contributed by atoms with Crippen molar-refractivity contribution in [2.75, 3.05) is 0 Å². The van der Waals surface area contributed by atoms with E-state index in [1.165, 1.54) is 16.0 Å². The number of carbonyl (C=O) groups is 1. The van der Waals surface area contributed by atoms with E-state index < -0.39 is 5.97 Å². The fourth-order valence-electron chi connectivity index (χ4n) is 1.30. The van der Waals surface area contributed by atoms with Crippen LogP contribution >= 0.6 is 22.9 Å². The fourth-order valence-corrected chi connectivity index (χ4v) is 2.57. The molecule has 0 amide bonds. The van der Waals surface area contributed by atoms with E-state index >= 15 is 0 Å². The number of hydrogen-bond acceptors (Lipinski definition) is 5. The van der Waals surface area contributed by atoms with Crippen molar-refractivity contribution < 1.29 is 9.90 Å². The first kappa shape index (κ1) is 12.0. The van der Waals surface area contributed by atoms with Crippen molar-refractivity contribution in [1.82, 2.24) is 20.2 Å². The maximum absolute atomic E-state index is 10.5. The second-order valence-corrected chi connectivity index (χ2v) is 4.69. The molecular formula is C9H9ClN4O2S. The van der Waals surface area contributed by atoms with Crippen LogP contribution in [0.15, 0.2) is 5.38 Å². The van der Waals surface area contributed by atoms with Gasteiger partial charge in [-0.05, 0) is 28.3 Å². The van der Waals surface area contributed by atoms with Gasteiger partial charge in [0.25, 0.3) is 0 Å². The zero-order valence-electron chi connectivity index (χ0n) is 8.92. The summed E-state index contributed by atoms with van der Waals surface area (Å²) >= 11 is 7.56. The molecule has 90 valence electrons. The molecule has 1 N–H and O–H groups in total. The maximum Gasteiger partial charge on any atom is 0.305 e. The van der Waals surface area contributed by atoms with Crippen molar-refractivity contribution in [3.8, 4) is 10.7 Å². The van der Waals surface area contributed by atoms with Crippen LogP contribution in [0.3, 0.4) is 0 Å². The molecule has 0 radical (unpaired) electrons. The number of carboxylic acid groups (broad SMARTS) is 1. The largest absolute Gasteiger partial charge is 0.481 e. The number of carboxylic acids is 1. The van der Waals surface area contributed by atoms with Crippen LogP contribution in [0.25, 0.3) is 10.7 Å². The molecular weight excluding hydrogens is 264 g/mol. The molecule has 8 heteroatoms. The lowest BCUT2D eigenvalue weighted by molar-refractivity contribution is -0.137. The Morgan fingerprint density at radius 1 is 1.65 bits per heavy atom. The van der Waals surface area contributed by atoms with E-state index in [0.29, 0.717) is 10.8 Å². The van der Waals surface area contributed by atoms with Gasteiger partial charge in [0, 0.05) is 0 Å². The van der Waals surface area contributed by atoms with Gasteiger partial charge >= 0.3 is 5.97 Å². The highest BCUT2D eigenvalue weighted by Crippen LogP contribution is 2.34. The SMILES string of the molecule is Cc1csc(-c2nnnn2CCC(=O)O)c1Cl. The molecule has 6 nitrogen and oxygen atoms in total. The van der Waals surface area contributed by atoms with Crippen molar-refractivity contribution in [2.45, 2.75) is 19.9 Å². The van der Waals surface area contributed by atoms with Crippen LogP contribution in [-0.2, 0) is 11.3 Å². The monoisotopic (exact) mass is 272 g/mol. The third-order valence-electron chi connectivity index (χ3n) is 2.17. The van der Waals surface area contributed by atoms with E-state index in [1.54, 1.807) is 0 Å². The molecule has 0 aliphatic heterocycles. The third-order valence-corrected chi connectivity index (χ3v) is 3.86. The number of halogens is 1. The first-order valence-electron chi connectivity index (χ1n) is 4.81. The summed E-state index contributed by atoms with van der Waals surface area (Å²) in [4.78, 5) is 11.3. The predicted octanol–water partition coefficient (Wildman–Crippen LogP) is 1.84. The van der Waals surface area contributed by atoms with Crippen LogP contribution in [0.4, 0.5) is 0 Å². The first-order valence-corrected chi connectivity index (χ1v) is 6.07. The van der Waals surface area contributed by atoms with Gasteiger partial charge in [-0.1, -0.05) is 11.6 Å². The number of nitrogens with zero attached hydrogens (tertiary/aromatic N) is 4. The van der Waals surface area contributed by atoms with Crippen molar-refractivity contribution in [2.24, 2.45) is 0 Å². The second-order valence-electron chi connectivity index (χ2n) is 3.43. The second kappa shape index (κ2) is 4.80. The Bertz CT molecular complexity index is 551. The molecule has 0 spiro atoms. The molecule has 0 saturated heterocycles. The van der Waals surface area contributed by atoms with Crippen LogP contribution in [0, 0.1) is 6.92 Å². The minimum atomic E-state index is -0.889. The average molecular weight is 273 g/mol. The van der Waals surface area contributed by atoms with Gasteiger partial charge in [-0.15, -0.1) is 16.4 Å². The zero-order chi connectivity index (χ0) is 12.4. The average Bonchev–Trinajstić information content (AvgIpc) is 2.85. The van der Waals surface area contributed by atoms with Gasteiger partial charge in [0.05, 0.1) is 22.9 Å². The van der Waals surface area contributed by atoms with Crippen molar-refractivity contribution >= 4 is 28.9 Å². The zero-order valence-corrected chi connectivity index (χ0v) is 10.5. The van der Waals surface area contributed by atoms with Gasteiger partial charge in [0.1, 0.15) is 0 Å². The number of tetrazole rings is 1. The van der Waals surface area contributed by atoms with Gasteiger partial charge in [-0.2, -0.15) is 0 Å². The standard InChI is InChI=1S/C9H9ClN4O2S/c1-5-4-17-8(7(5)10)9-11-12-13-14(9)3-2-6(15)16/h4H,2-3H2,1H3,(H,15,16). The third kappa shape index (κ3) is 2.45. The maximum atomic E-state index is 10.5. The highest BCUT2D eigenvalue weighted by molar-refractivity contribution is 7.14. The van der Waals surface area contributed by atoms with Gasteiger partial charge in [-0.25, -0.2) is 4.68 Å². The number of hydrogen-bond donors (Lipinski definition) is 1. The molecule has 0 aliphatic rings. The van der Waals surface area contributed by atoms with Crippen molar-refractivity contribution in [1.29, 1.82) is 0 Å². The lowest BCUT2D eigenvalue weighted by Crippen LogP contribution is -2.07. The molecule has 2 aromatic heterocycles. The Morgan fingerprint density at radius 2 is 2.41 bits per heavy atom. The summed E-state index contributed by atoms with van der Waals surface area (Å²) in [6, 6.07) is 0. The summed E-state index contributed by atoms with van der Waals surface area (Å²) in [5.74, 6) is -0.380. The quantitative estimate of drug-likeness (QED) is 0.918. The van der Waals surface area contributed by atoms with Gasteiger partial charge in [-0.3, -0.25) is 4.79 Å². The van der Waals surface area contributed by atoms with E-state index in [4.69, 9.17) is 16.7 Å². The van der Waals surface area contributed by atoms with E-state index in [-0.39, 0.29) is 13.0 Å². The van der Waals surface area contributed by atoms with Crippen LogP contribution in [0.5, 0.6) is 0 Å². The van der Waals surface area contributed by atoms with Gasteiger partial charge in [0.2, 0.25) is 0 Å². The van der Waals surface area contributed by atoms with Gasteiger partial charge in [0.15, 0.2) is 5.82 Å². The number of thiophene rings is 1. The first-order chi connectivity index (χ1) is 8.09. The van der Waals surface area contributed by atoms with Crippen molar-refractivity contribution in [3.63, 3.8) is 0 Å². The Balaban J connectivity index is 2.30. The van der Waals surface area contributed by atoms with E-state index in [2.05, 4.69) is 15.5 Å². The van der Waals surface area contributed by atoms with E-state index in [1.807, 2.05) is 12.3 Å². The summed E-state index contributed by atoms with van der Waals surface area (Å²) in [6.07, 6.45) is -0.0278. The van der Waals surface area contributed by atoms with E-state index in [0.717, 1.165) is 10.4 Å². The molecule has 0 fully saturated rings. The minimum absolute atomic E-state index is 0.0278. The smallest absolute Gasteiger partial charge is 0.305 e. The Hall–Kier alpha value is -1.47. The summed E-state index contributed by atoms with van der Waals surface area (Å²) in [7, 11) is 0. The number of rotatable bonds is 4. The molecule has 0 aromatic carbocycles. The summed E-state index contributed by atoms with van der Waals surface area (Å²) in [5, 5.41) is 22.3. The van der Waals surface area contributed by atoms with E-state index in [9.17, 15) is 4.79 Å². The molecule has 2 heterocycles. The minimum Gasteiger partial charge on any atom is -0.481 e. The number of aromatic nitrogens is 4. The summed E-state index contributed by atoms with van der Waals surface area (Å²) in [5.41, 5.74) is 0.958. The Labute approximate surface area is 106 Å². The van der Waals surface area contributed by atoms with Crippen LogP contribution in [0.1, 0.15) is 12.0 Å². The molecule has 0 bridgehead atoms. The molecule has 17 heavy (non-hydrogen) atoms. The van der Waals surface area contributed by atoms with Crippen LogP contribution in [-0.4, -0.2) is 31.3 Å². The normalized spacial score (nSPS) is 10.7. The lowest BCUT2D eigenvalue weighted by Gasteiger charge is -2.01. The van der Waals surface area contributed by atoms with Gasteiger partial charge < -0.3 is 5.11 Å². The highest BCUT2D eigenvalue weighted by atomic mass is 35.5. The molecule has 0 unspecified atom stereocenters. The lowest BCUT2D eigenvalue weighted by atomic mass is 10.3. The molecule has 2 rings (SSSR count). The van der Waals surface area contributed by atoms with Crippen LogP contribution < -0.4 is 0 Å². The molecule has 0 aliphatic carbocycles. The topological polar surface area (TPSA) is 80.9 Å². The van der Waals surface area contributed by atoms with Crippen molar-refractivity contribution in [3.05, 3.63) is 16.0 Å². The Kier molecular flexibility index (Phi) is 3.39. The Morgan fingerprint density at radius 3 is 3.00 bits per heavy atom. The number of aliphatic carboxylic acids is 1.